The highest BCUT2D eigenvalue weighted by molar-refractivity contribution is 5.72. The van der Waals surface area contributed by atoms with Crippen LogP contribution < -0.4 is 4.74 Å². The summed E-state index contributed by atoms with van der Waals surface area (Å²) in [6, 6.07) is 7.51. The third-order valence-corrected chi connectivity index (χ3v) is 2.67. The van der Waals surface area contributed by atoms with Crippen molar-refractivity contribution in [2.24, 2.45) is 0 Å². The van der Waals surface area contributed by atoms with Crippen LogP contribution in [0.4, 0.5) is 17.6 Å². The van der Waals surface area contributed by atoms with Gasteiger partial charge in [-0.1, -0.05) is 18.2 Å². The minimum atomic E-state index is -4.93. The Bertz CT molecular complexity index is 636. The van der Waals surface area contributed by atoms with E-state index in [1.165, 1.54) is 37.3 Å². The summed E-state index contributed by atoms with van der Waals surface area (Å²) >= 11 is 0. The van der Waals surface area contributed by atoms with Gasteiger partial charge in [0.05, 0.1) is 0 Å². The number of hydrogen-bond donors (Lipinski definition) is 1. The molecule has 106 valence electrons. The lowest BCUT2D eigenvalue weighted by atomic mass is 10.0. The molecule has 0 aromatic heterocycles. The molecule has 2 aromatic rings. The van der Waals surface area contributed by atoms with Crippen molar-refractivity contribution in [2.45, 2.75) is 13.3 Å². The first-order chi connectivity index (χ1) is 9.28. The summed E-state index contributed by atoms with van der Waals surface area (Å²) in [5.74, 6) is -1.69. The highest BCUT2D eigenvalue weighted by Crippen LogP contribution is 2.37. The summed E-state index contributed by atoms with van der Waals surface area (Å²) in [4.78, 5) is 0. The zero-order valence-electron chi connectivity index (χ0n) is 10.3. The van der Waals surface area contributed by atoms with Gasteiger partial charge in [0.15, 0.2) is 0 Å². The zero-order valence-corrected chi connectivity index (χ0v) is 10.3. The number of aromatic hydroxyl groups is 1. The van der Waals surface area contributed by atoms with Gasteiger partial charge in [-0.15, -0.1) is 13.2 Å². The molecule has 0 amide bonds. The molecule has 0 fully saturated rings. The van der Waals surface area contributed by atoms with Crippen LogP contribution in [0.25, 0.3) is 11.1 Å². The van der Waals surface area contributed by atoms with Crippen LogP contribution in [-0.2, 0) is 0 Å². The highest BCUT2D eigenvalue weighted by atomic mass is 19.4. The van der Waals surface area contributed by atoms with Gasteiger partial charge in [-0.3, -0.25) is 0 Å². The molecule has 2 aromatic carbocycles. The third kappa shape index (κ3) is 3.01. The molecule has 6 heteroatoms. The predicted octanol–water partition coefficient (Wildman–Crippen LogP) is 4.41. The molecule has 0 atom stereocenters. The van der Waals surface area contributed by atoms with Crippen molar-refractivity contribution in [3.8, 4) is 22.6 Å². The number of rotatable bonds is 2. The van der Waals surface area contributed by atoms with E-state index in [0.717, 1.165) is 6.07 Å². The summed E-state index contributed by atoms with van der Waals surface area (Å²) in [5, 5.41) is 9.26. The lowest BCUT2D eigenvalue weighted by Crippen LogP contribution is -2.17. The molecule has 20 heavy (non-hydrogen) atoms. The van der Waals surface area contributed by atoms with E-state index in [4.69, 9.17) is 0 Å². The van der Waals surface area contributed by atoms with Gasteiger partial charge in [0.1, 0.15) is 17.3 Å². The van der Waals surface area contributed by atoms with Crippen LogP contribution >= 0.6 is 0 Å². The van der Waals surface area contributed by atoms with E-state index >= 15 is 0 Å². The Morgan fingerprint density at radius 1 is 1.05 bits per heavy atom. The second kappa shape index (κ2) is 5.03. The van der Waals surface area contributed by atoms with E-state index < -0.39 is 23.7 Å². The fourth-order valence-electron chi connectivity index (χ4n) is 1.80. The molecule has 2 nitrogen and oxygen atoms in total. The number of ether oxygens (including phenoxy) is 1. The minimum absolute atomic E-state index is 0.0238. The number of halogens is 4. The summed E-state index contributed by atoms with van der Waals surface area (Å²) in [5.41, 5.74) is 0.194. The Kier molecular flexibility index (Phi) is 3.57. The number of phenols is 1. The molecule has 2 rings (SSSR count). The molecule has 0 bridgehead atoms. The molecule has 0 unspecified atom stereocenters. The van der Waals surface area contributed by atoms with E-state index in [9.17, 15) is 22.7 Å². The number of alkyl halides is 3. The molecular formula is C14H10F4O2. The van der Waals surface area contributed by atoms with Gasteiger partial charge in [-0.05, 0) is 24.6 Å². The van der Waals surface area contributed by atoms with Crippen molar-refractivity contribution in [1.29, 1.82) is 0 Å². The van der Waals surface area contributed by atoms with E-state index in [-0.39, 0.29) is 11.1 Å². The van der Waals surface area contributed by atoms with Crippen molar-refractivity contribution in [3.63, 3.8) is 0 Å². The van der Waals surface area contributed by atoms with Crippen LogP contribution in [0.15, 0.2) is 36.4 Å². The molecule has 0 saturated heterocycles. The van der Waals surface area contributed by atoms with Gasteiger partial charge in [0.25, 0.3) is 0 Å². The van der Waals surface area contributed by atoms with Crippen LogP contribution in [-0.4, -0.2) is 11.5 Å². The molecule has 0 spiro atoms. The van der Waals surface area contributed by atoms with E-state index in [2.05, 4.69) is 4.74 Å². The fourth-order valence-corrected chi connectivity index (χ4v) is 1.80. The maximum Gasteiger partial charge on any atom is 0.573 e. The molecule has 0 aliphatic heterocycles. The van der Waals surface area contributed by atoms with Crippen molar-refractivity contribution in [2.75, 3.05) is 0 Å². The molecule has 0 saturated carbocycles. The molecule has 0 aliphatic rings. The van der Waals surface area contributed by atoms with Gasteiger partial charge in [-0.2, -0.15) is 0 Å². The van der Waals surface area contributed by atoms with Crippen LogP contribution in [0.1, 0.15) is 5.56 Å². The van der Waals surface area contributed by atoms with Gasteiger partial charge in [0, 0.05) is 17.2 Å². The largest absolute Gasteiger partial charge is 0.573 e. The maximum atomic E-state index is 14.0. The summed E-state index contributed by atoms with van der Waals surface area (Å²) in [6.07, 6.45) is -4.93. The Labute approximate surface area is 112 Å². The molecule has 0 radical (unpaired) electrons. The Hall–Kier alpha value is -2.24. The average molecular weight is 286 g/mol. The van der Waals surface area contributed by atoms with Gasteiger partial charge in [0.2, 0.25) is 0 Å². The summed E-state index contributed by atoms with van der Waals surface area (Å²) in [7, 11) is 0. The van der Waals surface area contributed by atoms with Crippen LogP contribution in [0, 0.1) is 12.7 Å². The zero-order chi connectivity index (χ0) is 14.9. The first kappa shape index (κ1) is 14.2. The number of benzene rings is 2. The average Bonchev–Trinajstić information content (AvgIpc) is 2.32. The first-order valence-corrected chi connectivity index (χ1v) is 5.62. The Morgan fingerprint density at radius 3 is 2.40 bits per heavy atom. The Balaban J connectivity index is 2.59. The van der Waals surface area contributed by atoms with Crippen LogP contribution in [0.3, 0.4) is 0 Å². The van der Waals surface area contributed by atoms with Gasteiger partial charge in [-0.25, -0.2) is 4.39 Å². The second-order valence-electron chi connectivity index (χ2n) is 4.16. The van der Waals surface area contributed by atoms with Crippen molar-refractivity contribution >= 4 is 0 Å². The molecule has 0 heterocycles. The summed E-state index contributed by atoms with van der Waals surface area (Å²) < 4.78 is 54.9. The number of hydrogen-bond acceptors (Lipinski definition) is 2. The Morgan fingerprint density at radius 2 is 1.75 bits per heavy atom. The predicted molar refractivity (Wildman–Crippen MR) is 64.9 cm³/mol. The highest BCUT2D eigenvalue weighted by Gasteiger charge is 2.32. The molecule has 0 aliphatic carbocycles. The fraction of sp³-hybridized carbons (Fsp3) is 0.143. The minimum Gasteiger partial charge on any atom is -0.508 e. The van der Waals surface area contributed by atoms with E-state index in [0.29, 0.717) is 5.56 Å². The van der Waals surface area contributed by atoms with Crippen LogP contribution in [0.5, 0.6) is 11.5 Å². The standard InChI is InChI=1S/C14H10F4O2/c1-8-3-2-4-11(13(8)15)10-6-5-9(19)7-12(10)20-14(16,17)18/h2-7,19H,1H3. The number of phenolic OH excluding ortho intramolecular Hbond substituents is 1. The summed E-state index contributed by atoms with van der Waals surface area (Å²) in [6.45, 7) is 1.50. The maximum absolute atomic E-state index is 14.0. The van der Waals surface area contributed by atoms with Gasteiger partial charge < -0.3 is 9.84 Å². The molecular weight excluding hydrogens is 276 g/mol. The molecule has 1 N–H and O–H groups in total. The van der Waals surface area contributed by atoms with E-state index in [1.54, 1.807) is 0 Å². The van der Waals surface area contributed by atoms with Crippen molar-refractivity contribution in [1.82, 2.24) is 0 Å². The van der Waals surface area contributed by atoms with Crippen molar-refractivity contribution in [3.05, 3.63) is 47.8 Å². The topological polar surface area (TPSA) is 29.5 Å². The second-order valence-corrected chi connectivity index (χ2v) is 4.16. The quantitative estimate of drug-likeness (QED) is 0.829. The number of aryl methyl sites for hydroxylation is 1. The SMILES string of the molecule is Cc1cccc(-c2ccc(O)cc2OC(F)(F)F)c1F. The smallest absolute Gasteiger partial charge is 0.508 e. The lowest BCUT2D eigenvalue weighted by Gasteiger charge is -2.14. The van der Waals surface area contributed by atoms with Crippen LogP contribution in [0.2, 0.25) is 0 Å². The monoisotopic (exact) mass is 286 g/mol. The van der Waals surface area contributed by atoms with E-state index in [1.807, 2.05) is 0 Å². The third-order valence-electron chi connectivity index (χ3n) is 2.67. The first-order valence-electron chi connectivity index (χ1n) is 5.62. The lowest BCUT2D eigenvalue weighted by molar-refractivity contribution is -0.274. The normalized spacial score (nSPS) is 11.4. The van der Waals surface area contributed by atoms with Gasteiger partial charge >= 0.3 is 6.36 Å². The van der Waals surface area contributed by atoms with Crippen molar-refractivity contribution < 1.29 is 27.4 Å².